The molecule has 0 saturated carbocycles. The Morgan fingerprint density at radius 2 is 1.81 bits per heavy atom. The fourth-order valence-electron chi connectivity index (χ4n) is 2.57. The maximum Gasteiger partial charge on any atom is 0.416 e. The lowest BCUT2D eigenvalue weighted by atomic mass is 9.99. The van der Waals surface area contributed by atoms with Crippen LogP contribution in [0.1, 0.15) is 35.1 Å². The molecule has 1 nitrogen and oxygen atoms in total. The highest BCUT2D eigenvalue weighted by atomic mass is 79.9. The highest BCUT2D eigenvalue weighted by Crippen LogP contribution is 2.34. The fraction of sp³-hybridized carbons (Fsp3) is 0.300. The van der Waals surface area contributed by atoms with E-state index in [0.717, 1.165) is 24.5 Å². The standard InChI is InChI=1S/C20H19BrClF3O/c1-26-12-3-2-5-14-8-11-17(20(23,24)25)16(13-14)10-9-15-6-4-7-18(21)19(15)22/h4,6-11,13H,2-3,5,12H2,1H3/b10-9+. The van der Waals surface area contributed by atoms with Crippen molar-refractivity contribution in [1.29, 1.82) is 0 Å². The molecule has 0 unspecified atom stereocenters. The molecule has 0 aromatic heterocycles. The average Bonchev–Trinajstić information content (AvgIpc) is 2.59. The van der Waals surface area contributed by atoms with Crippen LogP contribution in [0.3, 0.4) is 0 Å². The maximum absolute atomic E-state index is 13.3. The van der Waals surface area contributed by atoms with E-state index in [4.69, 9.17) is 16.3 Å². The first-order valence-corrected chi connectivity index (χ1v) is 9.31. The van der Waals surface area contributed by atoms with Crippen molar-refractivity contribution in [2.24, 2.45) is 0 Å². The highest BCUT2D eigenvalue weighted by Gasteiger charge is 2.32. The van der Waals surface area contributed by atoms with E-state index >= 15 is 0 Å². The number of aryl methyl sites for hydroxylation is 1. The minimum atomic E-state index is -4.41. The van der Waals surface area contributed by atoms with Gasteiger partial charge in [-0.1, -0.05) is 48.0 Å². The number of methoxy groups -OCH3 is 1. The van der Waals surface area contributed by atoms with Crippen LogP contribution < -0.4 is 0 Å². The molecule has 0 N–H and O–H groups in total. The summed E-state index contributed by atoms with van der Waals surface area (Å²) in [4.78, 5) is 0. The van der Waals surface area contributed by atoms with E-state index in [2.05, 4.69) is 15.9 Å². The Morgan fingerprint density at radius 1 is 1.08 bits per heavy atom. The van der Waals surface area contributed by atoms with Gasteiger partial charge in [-0.15, -0.1) is 0 Å². The molecule has 2 aromatic rings. The SMILES string of the molecule is COCCCCc1ccc(C(F)(F)F)c(/C=C/c2cccc(Br)c2Cl)c1. The minimum Gasteiger partial charge on any atom is -0.385 e. The summed E-state index contributed by atoms with van der Waals surface area (Å²) in [6.45, 7) is 0.648. The van der Waals surface area contributed by atoms with Crippen LogP contribution in [0.15, 0.2) is 40.9 Å². The van der Waals surface area contributed by atoms with Crippen LogP contribution in [0.5, 0.6) is 0 Å². The Morgan fingerprint density at radius 3 is 2.50 bits per heavy atom. The van der Waals surface area contributed by atoms with Crippen LogP contribution >= 0.6 is 27.5 Å². The van der Waals surface area contributed by atoms with Crippen LogP contribution in [0.2, 0.25) is 5.02 Å². The van der Waals surface area contributed by atoms with Crippen molar-refractivity contribution >= 4 is 39.7 Å². The summed E-state index contributed by atoms with van der Waals surface area (Å²) in [5.74, 6) is 0. The topological polar surface area (TPSA) is 9.23 Å². The summed E-state index contributed by atoms with van der Waals surface area (Å²) in [6.07, 6.45) is 1.10. The van der Waals surface area contributed by atoms with Crippen LogP contribution in [0.25, 0.3) is 12.2 Å². The molecule has 26 heavy (non-hydrogen) atoms. The normalized spacial score (nSPS) is 12.1. The zero-order valence-corrected chi connectivity index (χ0v) is 16.6. The predicted molar refractivity (Wildman–Crippen MR) is 104 cm³/mol. The average molecular weight is 448 g/mol. The number of hydrogen-bond donors (Lipinski definition) is 0. The highest BCUT2D eigenvalue weighted by molar-refractivity contribution is 9.10. The van der Waals surface area contributed by atoms with Gasteiger partial charge in [0.1, 0.15) is 0 Å². The van der Waals surface area contributed by atoms with Gasteiger partial charge in [-0.05, 0) is 64.0 Å². The van der Waals surface area contributed by atoms with E-state index in [-0.39, 0.29) is 5.56 Å². The zero-order valence-electron chi connectivity index (χ0n) is 14.2. The van der Waals surface area contributed by atoms with Crippen molar-refractivity contribution in [2.75, 3.05) is 13.7 Å². The van der Waals surface area contributed by atoms with Gasteiger partial charge >= 0.3 is 6.18 Å². The fourth-order valence-corrected chi connectivity index (χ4v) is 3.14. The Hall–Kier alpha value is -1.30. The molecular formula is C20H19BrClF3O. The third-order valence-electron chi connectivity index (χ3n) is 3.91. The minimum absolute atomic E-state index is 0.137. The molecule has 6 heteroatoms. The molecule has 2 aromatic carbocycles. The Bertz CT molecular complexity index is 772. The van der Waals surface area contributed by atoms with Crippen LogP contribution in [-0.4, -0.2) is 13.7 Å². The number of unbranched alkanes of at least 4 members (excludes halogenated alkanes) is 1. The van der Waals surface area contributed by atoms with Gasteiger partial charge in [0.25, 0.3) is 0 Å². The number of rotatable bonds is 7. The van der Waals surface area contributed by atoms with Gasteiger partial charge in [-0.25, -0.2) is 0 Å². The Balaban J connectivity index is 2.30. The van der Waals surface area contributed by atoms with E-state index in [1.165, 1.54) is 6.08 Å². The van der Waals surface area contributed by atoms with Gasteiger partial charge in [-0.2, -0.15) is 13.2 Å². The first kappa shape index (κ1) is 21.0. The molecular weight excluding hydrogens is 429 g/mol. The Labute approximate surface area is 164 Å². The lowest BCUT2D eigenvalue weighted by molar-refractivity contribution is -0.137. The quantitative estimate of drug-likeness (QED) is 0.320. The largest absolute Gasteiger partial charge is 0.416 e. The number of benzene rings is 2. The van der Waals surface area contributed by atoms with Crippen molar-refractivity contribution < 1.29 is 17.9 Å². The van der Waals surface area contributed by atoms with E-state index in [0.29, 0.717) is 28.1 Å². The number of halogens is 5. The van der Waals surface area contributed by atoms with Crippen LogP contribution in [-0.2, 0) is 17.3 Å². The second-order valence-electron chi connectivity index (χ2n) is 5.85. The molecule has 0 atom stereocenters. The monoisotopic (exact) mass is 446 g/mol. The molecule has 0 heterocycles. The summed E-state index contributed by atoms with van der Waals surface area (Å²) >= 11 is 9.50. The zero-order chi connectivity index (χ0) is 19.2. The summed E-state index contributed by atoms with van der Waals surface area (Å²) < 4.78 is 45.7. The van der Waals surface area contributed by atoms with Crippen molar-refractivity contribution in [3.8, 4) is 0 Å². The molecule has 0 aliphatic rings. The second-order valence-corrected chi connectivity index (χ2v) is 7.08. The Kier molecular flexibility index (Phi) is 7.74. The molecule has 0 spiro atoms. The lowest BCUT2D eigenvalue weighted by Gasteiger charge is -2.12. The van der Waals surface area contributed by atoms with Crippen LogP contribution in [0, 0.1) is 0 Å². The third-order valence-corrected chi connectivity index (χ3v) is 5.22. The van der Waals surface area contributed by atoms with Gasteiger partial charge in [0.05, 0.1) is 10.6 Å². The van der Waals surface area contributed by atoms with E-state index in [1.807, 2.05) is 0 Å². The van der Waals surface area contributed by atoms with Gasteiger partial charge in [0.2, 0.25) is 0 Å². The van der Waals surface area contributed by atoms with Gasteiger partial charge in [0, 0.05) is 18.2 Å². The predicted octanol–water partition coefficient (Wildman–Crippen LogP) is 7.26. The molecule has 0 saturated heterocycles. The smallest absolute Gasteiger partial charge is 0.385 e. The van der Waals surface area contributed by atoms with Crippen molar-refractivity contribution in [3.63, 3.8) is 0 Å². The summed E-state index contributed by atoms with van der Waals surface area (Å²) in [6, 6.07) is 9.60. The molecule has 2 rings (SSSR count). The number of alkyl halides is 3. The molecule has 0 fully saturated rings. The van der Waals surface area contributed by atoms with Gasteiger partial charge in [-0.3, -0.25) is 0 Å². The van der Waals surface area contributed by atoms with Gasteiger partial charge in [0.15, 0.2) is 0 Å². The maximum atomic E-state index is 13.3. The summed E-state index contributed by atoms with van der Waals surface area (Å²) in [7, 11) is 1.63. The van der Waals surface area contributed by atoms with E-state index in [1.54, 1.807) is 43.5 Å². The third kappa shape index (κ3) is 5.86. The van der Waals surface area contributed by atoms with Crippen molar-refractivity contribution in [2.45, 2.75) is 25.4 Å². The number of hydrogen-bond acceptors (Lipinski definition) is 1. The van der Waals surface area contributed by atoms with Crippen molar-refractivity contribution in [1.82, 2.24) is 0 Å². The van der Waals surface area contributed by atoms with Crippen molar-refractivity contribution in [3.05, 3.63) is 68.1 Å². The van der Waals surface area contributed by atoms with E-state index < -0.39 is 11.7 Å². The lowest BCUT2D eigenvalue weighted by Crippen LogP contribution is -2.08. The molecule has 0 radical (unpaired) electrons. The first-order chi connectivity index (χ1) is 12.3. The summed E-state index contributed by atoms with van der Waals surface area (Å²) in [5.41, 5.74) is 1.01. The first-order valence-electron chi connectivity index (χ1n) is 8.14. The molecule has 0 aliphatic carbocycles. The molecule has 140 valence electrons. The molecule has 0 bridgehead atoms. The second kappa shape index (κ2) is 9.58. The molecule has 0 aliphatic heterocycles. The van der Waals surface area contributed by atoms with E-state index in [9.17, 15) is 13.2 Å². The van der Waals surface area contributed by atoms with Gasteiger partial charge < -0.3 is 4.74 Å². The van der Waals surface area contributed by atoms with Crippen LogP contribution in [0.4, 0.5) is 13.2 Å². The number of ether oxygens (including phenoxy) is 1. The molecule has 0 amide bonds. The summed E-state index contributed by atoms with van der Waals surface area (Å²) in [5, 5.41) is 0.466.